The second-order valence-corrected chi connectivity index (χ2v) is 2.51. The Bertz CT molecular complexity index is 261. The lowest BCUT2D eigenvalue weighted by atomic mass is 10.0. The number of ketones is 2. The van der Waals surface area contributed by atoms with Crippen molar-refractivity contribution in [2.45, 2.75) is 6.42 Å². The van der Waals surface area contributed by atoms with Crippen molar-refractivity contribution >= 4 is 11.6 Å². The van der Waals surface area contributed by atoms with Crippen LogP contribution >= 0.6 is 0 Å². The molecule has 0 saturated heterocycles. The van der Waals surface area contributed by atoms with E-state index in [2.05, 4.69) is 0 Å². The summed E-state index contributed by atoms with van der Waals surface area (Å²) in [5, 5.41) is 0. The molecule has 0 N–H and O–H groups in total. The van der Waals surface area contributed by atoms with Crippen LogP contribution in [0.2, 0.25) is 0 Å². The van der Waals surface area contributed by atoms with Crippen LogP contribution in [0.1, 0.15) is 6.42 Å². The van der Waals surface area contributed by atoms with Crippen LogP contribution in [-0.4, -0.2) is 25.3 Å². The number of rotatable bonds is 3. The maximum Gasteiger partial charge on any atom is 0.182 e. The molecule has 0 aromatic heterocycles. The Morgan fingerprint density at radius 1 is 1.33 bits per heavy atom. The third-order valence-electron chi connectivity index (χ3n) is 1.61. The van der Waals surface area contributed by atoms with Crippen LogP contribution in [0.15, 0.2) is 23.8 Å². The first-order valence-electron chi connectivity index (χ1n) is 3.70. The van der Waals surface area contributed by atoms with Crippen LogP contribution in [0.4, 0.5) is 0 Å². The van der Waals surface area contributed by atoms with Gasteiger partial charge in [-0.2, -0.15) is 0 Å². The quantitative estimate of drug-likeness (QED) is 0.578. The molecule has 0 heterocycles. The molecule has 0 bridgehead atoms. The topological polar surface area (TPSA) is 43.4 Å². The number of hydrogen-bond acceptors (Lipinski definition) is 3. The van der Waals surface area contributed by atoms with E-state index in [0.29, 0.717) is 18.6 Å². The van der Waals surface area contributed by atoms with Gasteiger partial charge >= 0.3 is 0 Å². The number of carbonyl (C=O) groups excluding carboxylic acids is 2. The average Bonchev–Trinajstić information content (AvgIpc) is 2.07. The van der Waals surface area contributed by atoms with Crippen LogP contribution < -0.4 is 0 Å². The smallest absolute Gasteiger partial charge is 0.182 e. The van der Waals surface area contributed by atoms with Gasteiger partial charge in [-0.15, -0.1) is 0 Å². The van der Waals surface area contributed by atoms with Gasteiger partial charge in [0, 0.05) is 12.7 Å². The minimum atomic E-state index is -0.124. The number of allylic oxidation sites excluding steroid dienone is 3. The lowest BCUT2D eigenvalue weighted by Gasteiger charge is -2.04. The first-order valence-corrected chi connectivity index (χ1v) is 3.70. The normalized spacial score (nSPS) is 16.6. The van der Waals surface area contributed by atoms with E-state index in [1.54, 1.807) is 7.11 Å². The molecule has 0 aliphatic heterocycles. The summed E-state index contributed by atoms with van der Waals surface area (Å²) in [5.74, 6) is -0.215. The van der Waals surface area contributed by atoms with Crippen molar-refractivity contribution in [1.29, 1.82) is 0 Å². The zero-order chi connectivity index (χ0) is 8.97. The largest absolute Gasteiger partial charge is 0.384 e. The summed E-state index contributed by atoms with van der Waals surface area (Å²) >= 11 is 0. The van der Waals surface area contributed by atoms with Crippen molar-refractivity contribution in [3.63, 3.8) is 0 Å². The molecule has 1 aliphatic rings. The Balaban J connectivity index is 2.62. The van der Waals surface area contributed by atoms with Gasteiger partial charge in [0.25, 0.3) is 0 Å². The van der Waals surface area contributed by atoms with E-state index in [4.69, 9.17) is 4.74 Å². The molecule has 0 fully saturated rings. The first-order chi connectivity index (χ1) is 5.74. The second kappa shape index (κ2) is 3.97. The van der Waals surface area contributed by atoms with Crippen LogP contribution in [0.3, 0.4) is 0 Å². The highest BCUT2D eigenvalue weighted by Gasteiger charge is 2.11. The molecule has 3 nitrogen and oxygen atoms in total. The van der Waals surface area contributed by atoms with Gasteiger partial charge in [-0.25, -0.2) is 0 Å². The maximum absolute atomic E-state index is 11.1. The fourth-order valence-corrected chi connectivity index (χ4v) is 0.963. The van der Waals surface area contributed by atoms with Crippen molar-refractivity contribution in [2.24, 2.45) is 0 Å². The van der Waals surface area contributed by atoms with Gasteiger partial charge in [-0.3, -0.25) is 9.59 Å². The predicted molar refractivity (Wildman–Crippen MR) is 43.7 cm³/mol. The number of methoxy groups -OCH3 is 1. The summed E-state index contributed by atoms with van der Waals surface area (Å²) in [4.78, 5) is 21.9. The zero-order valence-electron chi connectivity index (χ0n) is 6.87. The summed E-state index contributed by atoms with van der Waals surface area (Å²) in [6, 6.07) is 0. The van der Waals surface area contributed by atoms with Gasteiger partial charge < -0.3 is 4.74 Å². The molecule has 1 aliphatic carbocycles. The Morgan fingerprint density at radius 2 is 2.08 bits per heavy atom. The lowest BCUT2D eigenvalue weighted by Crippen LogP contribution is -2.09. The molecule has 0 aromatic rings. The van der Waals surface area contributed by atoms with Crippen LogP contribution in [0.5, 0.6) is 0 Å². The molecular formula is C9H10O3. The summed E-state index contributed by atoms with van der Waals surface area (Å²) in [6.45, 7) is 0.471. The van der Waals surface area contributed by atoms with Gasteiger partial charge in [0.05, 0.1) is 6.61 Å². The lowest BCUT2D eigenvalue weighted by molar-refractivity contribution is -0.114. The standard InChI is InChI=1S/C9H10O3/c1-12-5-4-7-6-8(10)2-3-9(7)11/h2-3,6H,4-5H2,1H3. The average molecular weight is 166 g/mol. The molecule has 0 amide bonds. The van der Waals surface area contributed by atoms with E-state index in [0.717, 1.165) is 0 Å². The number of ether oxygens (including phenoxy) is 1. The summed E-state index contributed by atoms with van der Waals surface area (Å²) in [6.07, 6.45) is 4.44. The highest BCUT2D eigenvalue weighted by Crippen LogP contribution is 2.08. The van der Waals surface area contributed by atoms with Crippen molar-refractivity contribution in [1.82, 2.24) is 0 Å². The highest BCUT2D eigenvalue weighted by molar-refractivity contribution is 6.17. The Morgan fingerprint density at radius 3 is 2.75 bits per heavy atom. The van der Waals surface area contributed by atoms with Crippen LogP contribution in [0, 0.1) is 0 Å². The van der Waals surface area contributed by atoms with Crippen molar-refractivity contribution in [2.75, 3.05) is 13.7 Å². The van der Waals surface area contributed by atoms with E-state index >= 15 is 0 Å². The highest BCUT2D eigenvalue weighted by atomic mass is 16.5. The first kappa shape index (κ1) is 8.87. The molecule has 0 saturated carbocycles. The molecule has 0 unspecified atom stereocenters. The third-order valence-corrected chi connectivity index (χ3v) is 1.61. The summed E-state index contributed by atoms with van der Waals surface area (Å²) < 4.78 is 4.80. The van der Waals surface area contributed by atoms with E-state index in [-0.39, 0.29) is 11.6 Å². The van der Waals surface area contributed by atoms with Gasteiger partial charge in [-0.1, -0.05) is 0 Å². The minimum absolute atomic E-state index is 0.0911. The number of carbonyl (C=O) groups is 2. The molecule has 0 atom stereocenters. The molecule has 1 rings (SSSR count). The maximum atomic E-state index is 11.1. The van der Waals surface area contributed by atoms with Crippen molar-refractivity contribution < 1.29 is 14.3 Å². The van der Waals surface area contributed by atoms with Crippen molar-refractivity contribution in [3.8, 4) is 0 Å². The van der Waals surface area contributed by atoms with Crippen LogP contribution in [-0.2, 0) is 14.3 Å². The summed E-state index contributed by atoms with van der Waals surface area (Å²) in [5.41, 5.74) is 0.532. The third kappa shape index (κ3) is 2.13. The molecule has 0 spiro atoms. The Labute approximate surface area is 70.7 Å². The van der Waals surface area contributed by atoms with E-state index < -0.39 is 0 Å². The van der Waals surface area contributed by atoms with Crippen molar-refractivity contribution in [3.05, 3.63) is 23.8 Å². The van der Waals surface area contributed by atoms with Gasteiger partial charge in [0.1, 0.15) is 0 Å². The Hall–Kier alpha value is -1.22. The number of hydrogen-bond donors (Lipinski definition) is 0. The molecule has 64 valence electrons. The fraction of sp³-hybridized carbons (Fsp3) is 0.333. The zero-order valence-corrected chi connectivity index (χ0v) is 6.87. The van der Waals surface area contributed by atoms with Gasteiger partial charge in [-0.05, 0) is 24.6 Å². The molecule has 3 heteroatoms. The molecular weight excluding hydrogens is 156 g/mol. The minimum Gasteiger partial charge on any atom is -0.384 e. The second-order valence-electron chi connectivity index (χ2n) is 2.51. The fourth-order valence-electron chi connectivity index (χ4n) is 0.963. The SMILES string of the molecule is COCCC1=CC(=O)C=CC1=O. The van der Waals surface area contributed by atoms with E-state index in [1.807, 2.05) is 0 Å². The monoisotopic (exact) mass is 166 g/mol. The molecule has 0 radical (unpaired) electrons. The van der Waals surface area contributed by atoms with E-state index in [1.165, 1.54) is 18.2 Å². The van der Waals surface area contributed by atoms with Crippen LogP contribution in [0.25, 0.3) is 0 Å². The van der Waals surface area contributed by atoms with Gasteiger partial charge in [0.2, 0.25) is 0 Å². The van der Waals surface area contributed by atoms with Gasteiger partial charge in [0.15, 0.2) is 11.6 Å². The Kier molecular flexibility index (Phi) is 2.94. The van der Waals surface area contributed by atoms with E-state index in [9.17, 15) is 9.59 Å². The summed E-state index contributed by atoms with van der Waals surface area (Å²) in [7, 11) is 1.56. The molecule has 12 heavy (non-hydrogen) atoms. The molecule has 0 aromatic carbocycles. The predicted octanol–water partition coefficient (Wildman–Crippen LogP) is 0.657.